The van der Waals surface area contributed by atoms with Gasteiger partial charge in [0.05, 0.1) is 0 Å². The predicted octanol–water partition coefficient (Wildman–Crippen LogP) is 0.323. The largest absolute Gasteiger partial charge is 0.481 e. The molecule has 0 aromatic heterocycles. The van der Waals surface area contributed by atoms with E-state index in [1.54, 1.807) is 0 Å². The van der Waals surface area contributed by atoms with E-state index < -0.39 is 11.9 Å². The van der Waals surface area contributed by atoms with Crippen molar-refractivity contribution in [2.24, 2.45) is 0 Å². The van der Waals surface area contributed by atoms with Gasteiger partial charge in [-0.2, -0.15) is 0 Å². The Bertz CT molecular complexity index is 109. The quantitative estimate of drug-likeness (QED) is 0.634. The van der Waals surface area contributed by atoms with Gasteiger partial charge in [-0.25, -0.2) is 0 Å². The summed E-state index contributed by atoms with van der Waals surface area (Å²) in [5, 5.41) is 16.1. The molecule has 0 aliphatic carbocycles. The van der Waals surface area contributed by atoms with Crippen LogP contribution in [0.5, 0.6) is 0 Å². The maximum atomic E-state index is 9.79. The van der Waals surface area contributed by atoms with Crippen LogP contribution in [0.15, 0.2) is 0 Å². The molecule has 4 nitrogen and oxygen atoms in total. The Morgan fingerprint density at radius 2 is 1.30 bits per heavy atom. The van der Waals surface area contributed by atoms with Crippen LogP contribution in [0.1, 0.15) is 19.3 Å². The molecular formula is C5H8CuO4. The van der Waals surface area contributed by atoms with E-state index in [1.807, 2.05) is 0 Å². The monoisotopic (exact) mass is 195 g/mol. The van der Waals surface area contributed by atoms with Gasteiger partial charge in [0.15, 0.2) is 0 Å². The molecule has 0 rings (SSSR count). The Morgan fingerprint density at radius 3 is 1.50 bits per heavy atom. The minimum Gasteiger partial charge on any atom is -0.481 e. The molecule has 2 N–H and O–H groups in total. The first-order chi connectivity index (χ1) is 4.13. The molecule has 0 aliphatic rings. The van der Waals surface area contributed by atoms with Gasteiger partial charge in [0.1, 0.15) is 0 Å². The van der Waals surface area contributed by atoms with Crippen molar-refractivity contribution in [3.63, 3.8) is 0 Å². The summed E-state index contributed by atoms with van der Waals surface area (Å²) in [7, 11) is 0. The fourth-order valence-electron chi connectivity index (χ4n) is 0.391. The number of carbonyl (C=O) groups is 2. The summed E-state index contributed by atoms with van der Waals surface area (Å²) >= 11 is 0. The minimum absolute atomic E-state index is 0. The van der Waals surface area contributed by atoms with Crippen LogP contribution in [-0.4, -0.2) is 22.2 Å². The van der Waals surface area contributed by atoms with Crippen LogP contribution in [0.4, 0.5) is 0 Å². The molecule has 0 bridgehead atoms. The molecule has 0 atom stereocenters. The van der Waals surface area contributed by atoms with E-state index in [2.05, 4.69) is 0 Å². The van der Waals surface area contributed by atoms with Crippen LogP contribution < -0.4 is 0 Å². The third-order valence-corrected chi connectivity index (χ3v) is 0.781. The number of carboxylic acid groups (broad SMARTS) is 2. The van der Waals surface area contributed by atoms with Crippen LogP contribution in [0, 0.1) is 0 Å². The van der Waals surface area contributed by atoms with Gasteiger partial charge in [0.25, 0.3) is 0 Å². The molecule has 0 saturated heterocycles. The van der Waals surface area contributed by atoms with Crippen molar-refractivity contribution in [3.05, 3.63) is 0 Å². The van der Waals surface area contributed by atoms with Gasteiger partial charge < -0.3 is 10.2 Å². The van der Waals surface area contributed by atoms with Crippen molar-refractivity contribution in [3.8, 4) is 0 Å². The zero-order chi connectivity index (χ0) is 7.28. The van der Waals surface area contributed by atoms with E-state index in [1.165, 1.54) is 0 Å². The number of hydrogen-bond donors (Lipinski definition) is 2. The standard InChI is InChI=1S/C5H8O4.Cu/c6-4(7)2-1-3-5(8)9;/h1-3H2,(H,6,7)(H,8,9);. The van der Waals surface area contributed by atoms with Crippen LogP contribution in [0.25, 0.3) is 0 Å². The number of carboxylic acids is 2. The molecule has 0 saturated carbocycles. The Hall–Kier alpha value is -0.541. The summed E-state index contributed by atoms with van der Waals surface area (Å²) in [6.07, 6.45) is 0.0866. The molecule has 63 valence electrons. The predicted molar refractivity (Wildman–Crippen MR) is 29.1 cm³/mol. The van der Waals surface area contributed by atoms with E-state index in [9.17, 15) is 9.59 Å². The molecule has 0 spiro atoms. The Morgan fingerprint density at radius 1 is 1.00 bits per heavy atom. The van der Waals surface area contributed by atoms with Gasteiger partial charge in [0.2, 0.25) is 0 Å². The fraction of sp³-hybridized carbons (Fsp3) is 0.600. The molecule has 0 aromatic carbocycles. The molecule has 0 unspecified atom stereocenters. The summed E-state index contributed by atoms with van der Waals surface area (Å²) in [6, 6.07) is 0. The van der Waals surface area contributed by atoms with Crippen molar-refractivity contribution in [2.75, 3.05) is 0 Å². The van der Waals surface area contributed by atoms with Crippen molar-refractivity contribution in [2.45, 2.75) is 19.3 Å². The first kappa shape index (κ1) is 12.2. The number of rotatable bonds is 4. The molecule has 5 heteroatoms. The van der Waals surface area contributed by atoms with E-state index in [0.29, 0.717) is 0 Å². The van der Waals surface area contributed by atoms with Gasteiger partial charge in [0, 0.05) is 29.9 Å². The summed E-state index contributed by atoms with van der Waals surface area (Å²) in [6.45, 7) is 0. The molecule has 0 fully saturated rings. The maximum Gasteiger partial charge on any atom is 0.303 e. The Kier molecular flexibility index (Phi) is 8.00. The first-order valence-corrected chi connectivity index (χ1v) is 2.56. The second-order valence-electron chi connectivity index (χ2n) is 1.64. The fourth-order valence-corrected chi connectivity index (χ4v) is 0.391. The third kappa shape index (κ3) is 10.4. The number of hydrogen-bond acceptors (Lipinski definition) is 2. The molecule has 0 heterocycles. The van der Waals surface area contributed by atoms with Gasteiger partial charge in [-0.1, -0.05) is 0 Å². The van der Waals surface area contributed by atoms with Gasteiger partial charge >= 0.3 is 11.9 Å². The summed E-state index contributed by atoms with van der Waals surface area (Å²) < 4.78 is 0. The summed E-state index contributed by atoms with van der Waals surface area (Å²) in [4.78, 5) is 19.6. The SMILES string of the molecule is O=C(O)CCCC(=O)O.[Cu]. The van der Waals surface area contributed by atoms with E-state index in [4.69, 9.17) is 10.2 Å². The Labute approximate surface area is 68.7 Å². The molecule has 0 aliphatic heterocycles. The van der Waals surface area contributed by atoms with Gasteiger partial charge in [-0.3, -0.25) is 9.59 Å². The average Bonchev–Trinajstić information content (AvgIpc) is 1.63. The van der Waals surface area contributed by atoms with Crippen LogP contribution >= 0.6 is 0 Å². The van der Waals surface area contributed by atoms with Gasteiger partial charge in [-0.05, 0) is 6.42 Å². The summed E-state index contributed by atoms with van der Waals surface area (Å²) in [5.74, 6) is -1.90. The van der Waals surface area contributed by atoms with Crippen LogP contribution in [0.2, 0.25) is 0 Å². The zero-order valence-electron chi connectivity index (χ0n) is 5.13. The van der Waals surface area contributed by atoms with Crippen molar-refractivity contribution >= 4 is 11.9 Å². The maximum absolute atomic E-state index is 9.79. The first-order valence-electron chi connectivity index (χ1n) is 2.56. The number of aliphatic carboxylic acids is 2. The van der Waals surface area contributed by atoms with E-state index >= 15 is 0 Å². The topological polar surface area (TPSA) is 74.6 Å². The van der Waals surface area contributed by atoms with Crippen molar-refractivity contribution in [1.82, 2.24) is 0 Å². The van der Waals surface area contributed by atoms with Crippen molar-refractivity contribution < 1.29 is 36.9 Å². The molecule has 0 aromatic rings. The van der Waals surface area contributed by atoms with Gasteiger partial charge in [-0.15, -0.1) is 0 Å². The molecule has 1 radical (unpaired) electrons. The smallest absolute Gasteiger partial charge is 0.303 e. The molecular weight excluding hydrogens is 188 g/mol. The second kappa shape index (κ2) is 6.58. The van der Waals surface area contributed by atoms with E-state index in [-0.39, 0.29) is 36.3 Å². The zero-order valence-corrected chi connectivity index (χ0v) is 6.08. The van der Waals surface area contributed by atoms with E-state index in [0.717, 1.165) is 0 Å². The van der Waals surface area contributed by atoms with Crippen LogP contribution in [-0.2, 0) is 26.7 Å². The second-order valence-corrected chi connectivity index (χ2v) is 1.64. The van der Waals surface area contributed by atoms with Crippen molar-refractivity contribution in [1.29, 1.82) is 0 Å². The minimum atomic E-state index is -0.948. The average molecular weight is 196 g/mol. The molecule has 0 amide bonds. The normalized spacial score (nSPS) is 8.00. The summed E-state index contributed by atoms with van der Waals surface area (Å²) in [5.41, 5.74) is 0. The Balaban J connectivity index is 0. The molecule has 10 heavy (non-hydrogen) atoms. The van der Waals surface area contributed by atoms with Crippen LogP contribution in [0.3, 0.4) is 0 Å². The third-order valence-electron chi connectivity index (χ3n) is 0.781.